The Hall–Kier alpha value is -2.24. The third-order valence-electron chi connectivity index (χ3n) is 3.84. The van der Waals surface area contributed by atoms with E-state index in [-0.39, 0.29) is 6.54 Å². The molecule has 2 N–H and O–H groups in total. The predicted molar refractivity (Wildman–Crippen MR) is 90.9 cm³/mol. The van der Waals surface area contributed by atoms with Crippen molar-refractivity contribution in [1.82, 2.24) is 4.90 Å². The van der Waals surface area contributed by atoms with Crippen LogP contribution in [0.1, 0.15) is 17.2 Å². The van der Waals surface area contributed by atoms with E-state index in [0.717, 1.165) is 11.1 Å². The molecule has 24 heavy (non-hydrogen) atoms. The van der Waals surface area contributed by atoms with E-state index in [4.69, 9.17) is 33.7 Å². The van der Waals surface area contributed by atoms with Gasteiger partial charge in [0.15, 0.2) is 6.10 Å². The number of hydrogen-bond acceptors (Lipinski definition) is 3. The number of primary amides is 1. The molecule has 5 nitrogen and oxygen atoms in total. The second-order valence-electron chi connectivity index (χ2n) is 5.41. The summed E-state index contributed by atoms with van der Waals surface area (Å²) in [7, 11) is 0. The van der Waals surface area contributed by atoms with Crippen LogP contribution in [0.2, 0.25) is 10.0 Å². The lowest BCUT2D eigenvalue weighted by molar-refractivity contribution is -0.124. The maximum absolute atomic E-state index is 12.3. The van der Waals surface area contributed by atoms with Crippen LogP contribution in [0.3, 0.4) is 0 Å². The first kappa shape index (κ1) is 16.6. The van der Waals surface area contributed by atoms with E-state index in [1.54, 1.807) is 18.2 Å². The van der Waals surface area contributed by atoms with Crippen LogP contribution in [0, 0.1) is 0 Å². The lowest BCUT2D eigenvalue weighted by Crippen LogP contribution is -2.34. The number of carbonyl (C=O) groups is 2. The van der Waals surface area contributed by atoms with Crippen molar-refractivity contribution < 1.29 is 14.3 Å². The molecule has 0 bridgehead atoms. The molecule has 1 fully saturated rings. The Morgan fingerprint density at radius 1 is 1.12 bits per heavy atom. The zero-order valence-corrected chi connectivity index (χ0v) is 14.0. The van der Waals surface area contributed by atoms with Crippen molar-refractivity contribution in [1.29, 1.82) is 0 Å². The SMILES string of the molecule is NC(=O)C1CN([C@@H](c2ccccc2)c2ccc(Cl)c(Cl)c2)C(=O)O1. The third-order valence-corrected chi connectivity index (χ3v) is 4.58. The monoisotopic (exact) mass is 364 g/mol. The summed E-state index contributed by atoms with van der Waals surface area (Å²) < 4.78 is 5.07. The maximum Gasteiger partial charge on any atom is 0.411 e. The van der Waals surface area contributed by atoms with E-state index in [9.17, 15) is 9.59 Å². The summed E-state index contributed by atoms with van der Waals surface area (Å²) in [5.74, 6) is -0.674. The van der Waals surface area contributed by atoms with Crippen molar-refractivity contribution in [2.24, 2.45) is 5.73 Å². The Bertz CT molecular complexity index is 783. The number of ether oxygens (including phenoxy) is 1. The van der Waals surface area contributed by atoms with Gasteiger partial charge < -0.3 is 10.5 Å². The summed E-state index contributed by atoms with van der Waals surface area (Å²) >= 11 is 12.1. The van der Waals surface area contributed by atoms with Gasteiger partial charge in [-0.3, -0.25) is 9.69 Å². The molecule has 0 saturated carbocycles. The normalized spacial score (nSPS) is 18.3. The quantitative estimate of drug-likeness (QED) is 0.903. The summed E-state index contributed by atoms with van der Waals surface area (Å²) in [6, 6.07) is 14.1. The first-order chi connectivity index (χ1) is 11.5. The van der Waals surface area contributed by atoms with Crippen molar-refractivity contribution in [3.05, 3.63) is 69.7 Å². The Labute approximate surface area is 148 Å². The molecule has 0 spiro atoms. The number of nitrogens with two attached hydrogens (primary N) is 1. The van der Waals surface area contributed by atoms with E-state index in [2.05, 4.69) is 0 Å². The molecule has 124 valence electrons. The molecule has 1 aliphatic heterocycles. The van der Waals surface area contributed by atoms with Gasteiger partial charge in [0, 0.05) is 0 Å². The highest BCUT2D eigenvalue weighted by Gasteiger charge is 2.40. The number of benzene rings is 2. The average molecular weight is 365 g/mol. The standard InChI is InChI=1S/C17H14Cl2N2O3/c18-12-7-6-11(8-13(12)19)15(10-4-2-1-3-5-10)21-9-14(16(20)22)24-17(21)23/h1-8,14-15H,9H2,(H2,20,22)/t14?,15-/m0/s1. The van der Waals surface area contributed by atoms with Gasteiger partial charge in [-0.2, -0.15) is 0 Å². The minimum Gasteiger partial charge on any atom is -0.434 e. The van der Waals surface area contributed by atoms with Gasteiger partial charge in [0.05, 0.1) is 22.6 Å². The summed E-state index contributed by atoms with van der Waals surface area (Å²) in [4.78, 5) is 25.1. The van der Waals surface area contributed by atoms with Gasteiger partial charge in [-0.15, -0.1) is 0 Å². The number of halogens is 2. The smallest absolute Gasteiger partial charge is 0.411 e. The highest BCUT2D eigenvalue weighted by Crippen LogP contribution is 2.35. The molecular formula is C17H14Cl2N2O3. The largest absolute Gasteiger partial charge is 0.434 e. The summed E-state index contributed by atoms with van der Waals surface area (Å²) in [6.45, 7) is 0.0774. The molecule has 2 aromatic carbocycles. The van der Waals surface area contributed by atoms with Gasteiger partial charge in [-0.1, -0.05) is 59.6 Å². The van der Waals surface area contributed by atoms with Crippen molar-refractivity contribution in [2.45, 2.75) is 12.1 Å². The molecule has 1 saturated heterocycles. The van der Waals surface area contributed by atoms with Gasteiger partial charge in [-0.25, -0.2) is 4.79 Å². The number of hydrogen-bond donors (Lipinski definition) is 1. The van der Waals surface area contributed by atoms with Crippen LogP contribution >= 0.6 is 23.2 Å². The zero-order valence-electron chi connectivity index (χ0n) is 12.5. The fourth-order valence-corrected chi connectivity index (χ4v) is 3.02. The van der Waals surface area contributed by atoms with Crippen LogP contribution < -0.4 is 5.73 Å². The Kier molecular flexibility index (Phi) is 4.64. The molecular weight excluding hydrogens is 351 g/mol. The van der Waals surface area contributed by atoms with Crippen LogP contribution in [0.15, 0.2) is 48.5 Å². The van der Waals surface area contributed by atoms with Gasteiger partial charge in [-0.05, 0) is 23.3 Å². The molecule has 2 aromatic rings. The van der Waals surface area contributed by atoms with Crippen LogP contribution in [0.4, 0.5) is 4.79 Å². The molecule has 3 rings (SSSR count). The topological polar surface area (TPSA) is 72.6 Å². The van der Waals surface area contributed by atoms with Gasteiger partial charge >= 0.3 is 6.09 Å². The second-order valence-corrected chi connectivity index (χ2v) is 6.23. The minimum absolute atomic E-state index is 0.0774. The Morgan fingerprint density at radius 2 is 1.83 bits per heavy atom. The fourth-order valence-electron chi connectivity index (χ4n) is 2.71. The fraction of sp³-hybridized carbons (Fsp3) is 0.176. The molecule has 1 heterocycles. The van der Waals surface area contributed by atoms with E-state index >= 15 is 0 Å². The Morgan fingerprint density at radius 3 is 2.42 bits per heavy atom. The lowest BCUT2D eigenvalue weighted by atomic mass is 9.97. The zero-order chi connectivity index (χ0) is 17.3. The summed E-state index contributed by atoms with van der Waals surface area (Å²) in [6.07, 6.45) is -1.56. The number of nitrogens with zero attached hydrogens (tertiary/aromatic N) is 1. The van der Waals surface area contributed by atoms with Gasteiger partial charge in [0.2, 0.25) is 0 Å². The number of rotatable bonds is 4. The van der Waals surface area contributed by atoms with Crippen LogP contribution in [-0.4, -0.2) is 29.5 Å². The number of carbonyl (C=O) groups excluding carboxylic acids is 2. The molecule has 0 radical (unpaired) electrons. The van der Waals surface area contributed by atoms with E-state index in [0.29, 0.717) is 10.0 Å². The molecule has 2 atom stereocenters. The van der Waals surface area contributed by atoms with Crippen molar-refractivity contribution >= 4 is 35.2 Å². The van der Waals surface area contributed by atoms with Crippen molar-refractivity contribution in [2.75, 3.05) is 6.54 Å². The van der Waals surface area contributed by atoms with E-state index in [1.165, 1.54) is 4.90 Å². The van der Waals surface area contributed by atoms with Gasteiger partial charge in [0.25, 0.3) is 5.91 Å². The summed E-state index contributed by atoms with van der Waals surface area (Å²) in [5.41, 5.74) is 6.88. The lowest BCUT2D eigenvalue weighted by Gasteiger charge is -2.27. The van der Waals surface area contributed by atoms with E-state index in [1.807, 2.05) is 30.3 Å². The Balaban J connectivity index is 2.04. The maximum atomic E-state index is 12.3. The van der Waals surface area contributed by atoms with Crippen LogP contribution in [0.25, 0.3) is 0 Å². The molecule has 1 aliphatic rings. The van der Waals surface area contributed by atoms with Crippen LogP contribution in [-0.2, 0) is 9.53 Å². The molecule has 1 unspecified atom stereocenters. The van der Waals surface area contributed by atoms with Crippen molar-refractivity contribution in [3.8, 4) is 0 Å². The number of cyclic esters (lactones) is 1. The van der Waals surface area contributed by atoms with Gasteiger partial charge in [0.1, 0.15) is 0 Å². The second kappa shape index (κ2) is 6.71. The average Bonchev–Trinajstić information content (AvgIpc) is 2.94. The molecule has 0 aromatic heterocycles. The minimum atomic E-state index is -0.966. The number of amides is 2. The highest BCUT2D eigenvalue weighted by molar-refractivity contribution is 6.42. The molecule has 7 heteroatoms. The van der Waals surface area contributed by atoms with Crippen LogP contribution in [0.5, 0.6) is 0 Å². The first-order valence-corrected chi connectivity index (χ1v) is 7.99. The molecule has 2 amide bonds. The molecule has 0 aliphatic carbocycles. The third kappa shape index (κ3) is 3.18. The van der Waals surface area contributed by atoms with E-state index < -0.39 is 24.1 Å². The summed E-state index contributed by atoms with van der Waals surface area (Å²) in [5, 5.41) is 0.806. The predicted octanol–water partition coefficient (Wildman–Crippen LogP) is 3.39. The first-order valence-electron chi connectivity index (χ1n) is 7.24. The highest BCUT2D eigenvalue weighted by atomic mass is 35.5. The van der Waals surface area contributed by atoms with Crippen molar-refractivity contribution in [3.63, 3.8) is 0 Å².